The number of rotatable bonds is 4. The second-order valence-corrected chi connectivity index (χ2v) is 11.4. The van der Waals surface area contributed by atoms with Gasteiger partial charge in [0.1, 0.15) is 0 Å². The maximum Gasteiger partial charge on any atom is 0.261 e. The van der Waals surface area contributed by atoms with Crippen LogP contribution in [0.25, 0.3) is 0 Å². The summed E-state index contributed by atoms with van der Waals surface area (Å²) in [6.45, 7) is 0. The first-order chi connectivity index (χ1) is 14.9. The van der Waals surface area contributed by atoms with Crippen molar-refractivity contribution in [3.8, 4) is 0 Å². The second-order valence-electron chi connectivity index (χ2n) is 7.89. The fourth-order valence-corrected chi connectivity index (χ4v) is 6.25. The Hall–Kier alpha value is -2.09. The van der Waals surface area contributed by atoms with E-state index in [2.05, 4.69) is 78.3 Å². The number of hydrogen-bond donors (Lipinski definition) is 2. The van der Waals surface area contributed by atoms with Crippen LogP contribution < -0.4 is 10.0 Å². The number of hydrogen-bond acceptors (Lipinski definition) is 3. The highest BCUT2D eigenvalue weighted by Crippen LogP contribution is 2.50. The van der Waals surface area contributed by atoms with Gasteiger partial charge in [-0.15, -0.1) is 0 Å². The molecule has 2 aliphatic rings. The predicted octanol–water partition coefficient (Wildman–Crippen LogP) is 6.84. The largest absolute Gasteiger partial charge is 0.378 e. The molecule has 5 rings (SSSR count). The van der Waals surface area contributed by atoms with Gasteiger partial charge in [0.05, 0.1) is 10.9 Å². The molecule has 0 fully saturated rings. The third-order valence-electron chi connectivity index (χ3n) is 5.95. The fraction of sp³-hybridized carbons (Fsp3) is 0.167. The molecule has 31 heavy (non-hydrogen) atoms. The summed E-state index contributed by atoms with van der Waals surface area (Å²) in [5, 5.41) is 3.66. The minimum absolute atomic E-state index is 0.183. The molecule has 1 aliphatic carbocycles. The zero-order chi connectivity index (χ0) is 21.6. The molecule has 3 atom stereocenters. The maximum absolute atomic E-state index is 13.0. The van der Waals surface area contributed by atoms with Gasteiger partial charge in [-0.25, -0.2) is 8.42 Å². The average molecular weight is 560 g/mol. The van der Waals surface area contributed by atoms with Crippen LogP contribution in [0.2, 0.25) is 0 Å². The van der Waals surface area contributed by atoms with Crippen molar-refractivity contribution in [2.24, 2.45) is 5.92 Å². The number of anilines is 2. The van der Waals surface area contributed by atoms with Gasteiger partial charge in [-0.3, -0.25) is 4.72 Å². The van der Waals surface area contributed by atoms with Gasteiger partial charge in [0.15, 0.2) is 0 Å². The summed E-state index contributed by atoms with van der Waals surface area (Å²) < 4.78 is 30.6. The number of benzene rings is 3. The molecule has 0 radical (unpaired) electrons. The monoisotopic (exact) mass is 558 g/mol. The molecule has 4 nitrogen and oxygen atoms in total. The summed E-state index contributed by atoms with van der Waals surface area (Å²) in [6, 6.07) is 21.1. The molecule has 1 aliphatic heterocycles. The lowest BCUT2D eigenvalue weighted by Crippen LogP contribution is -2.29. The zero-order valence-corrected chi connectivity index (χ0v) is 20.4. The molecule has 0 aromatic heterocycles. The third-order valence-corrected chi connectivity index (χ3v) is 8.35. The molecule has 3 aromatic rings. The van der Waals surface area contributed by atoms with Crippen molar-refractivity contribution in [1.82, 2.24) is 0 Å². The first-order valence-electron chi connectivity index (χ1n) is 10.0. The summed E-state index contributed by atoms with van der Waals surface area (Å²) in [4.78, 5) is 0.272. The summed E-state index contributed by atoms with van der Waals surface area (Å²) in [7, 11) is -3.69. The van der Waals surface area contributed by atoms with E-state index in [1.165, 1.54) is 5.56 Å². The molecule has 3 aromatic carbocycles. The molecule has 0 saturated heterocycles. The van der Waals surface area contributed by atoms with E-state index in [1.54, 1.807) is 24.3 Å². The Morgan fingerprint density at radius 2 is 1.74 bits per heavy atom. The highest BCUT2D eigenvalue weighted by molar-refractivity contribution is 9.10. The van der Waals surface area contributed by atoms with Crippen molar-refractivity contribution in [2.45, 2.75) is 23.3 Å². The predicted molar refractivity (Wildman–Crippen MR) is 132 cm³/mol. The number of sulfonamides is 1. The first kappa shape index (κ1) is 20.8. The van der Waals surface area contributed by atoms with E-state index < -0.39 is 10.0 Å². The summed E-state index contributed by atoms with van der Waals surface area (Å²) >= 11 is 6.89. The van der Waals surface area contributed by atoms with Crippen LogP contribution in [0.4, 0.5) is 11.4 Å². The van der Waals surface area contributed by atoms with Crippen molar-refractivity contribution >= 4 is 53.3 Å². The molecule has 0 spiro atoms. The SMILES string of the molecule is O=S(=O)(Nc1cccc(Br)c1)c1ccc2c(c1)[C@H]1C=CC[C@H]1[C@@H](c1ccc(Br)cc1)N2. The Balaban J connectivity index is 1.49. The van der Waals surface area contributed by atoms with Crippen molar-refractivity contribution < 1.29 is 8.42 Å². The molecule has 0 bridgehead atoms. The summed E-state index contributed by atoms with van der Waals surface area (Å²) in [5.41, 5.74) is 3.78. The lowest BCUT2D eigenvalue weighted by Gasteiger charge is -2.37. The van der Waals surface area contributed by atoms with E-state index in [0.717, 1.165) is 26.6 Å². The molecule has 7 heteroatoms. The minimum Gasteiger partial charge on any atom is -0.378 e. The van der Waals surface area contributed by atoms with E-state index >= 15 is 0 Å². The number of nitrogens with one attached hydrogen (secondary N) is 2. The van der Waals surface area contributed by atoms with Crippen molar-refractivity contribution in [2.75, 3.05) is 10.0 Å². The topological polar surface area (TPSA) is 58.2 Å². The lowest BCUT2D eigenvalue weighted by atomic mass is 9.77. The van der Waals surface area contributed by atoms with Crippen LogP contribution in [-0.4, -0.2) is 8.42 Å². The van der Waals surface area contributed by atoms with E-state index in [9.17, 15) is 8.42 Å². The van der Waals surface area contributed by atoms with Crippen LogP contribution in [0.3, 0.4) is 0 Å². The van der Waals surface area contributed by atoms with Gasteiger partial charge in [-0.05, 0) is 72.0 Å². The van der Waals surface area contributed by atoms with Crippen LogP contribution in [0.15, 0.2) is 92.7 Å². The van der Waals surface area contributed by atoms with Crippen LogP contribution in [0.1, 0.15) is 29.5 Å². The third kappa shape index (κ3) is 4.06. The highest BCUT2D eigenvalue weighted by Gasteiger charge is 2.38. The zero-order valence-electron chi connectivity index (χ0n) is 16.4. The molecule has 158 valence electrons. The Kier molecular flexibility index (Phi) is 5.44. The molecule has 0 unspecified atom stereocenters. The normalized spacial score (nSPS) is 21.8. The Labute approximate surface area is 199 Å². The van der Waals surface area contributed by atoms with Gasteiger partial charge in [0.25, 0.3) is 10.0 Å². The quantitative estimate of drug-likeness (QED) is 0.344. The molecular weight excluding hydrogens is 540 g/mol. The number of fused-ring (bicyclic) bond motifs is 3. The minimum atomic E-state index is -3.69. The second kappa shape index (κ2) is 8.11. The fourth-order valence-electron chi connectivity index (χ4n) is 4.51. The number of allylic oxidation sites excluding steroid dienone is 2. The van der Waals surface area contributed by atoms with Crippen LogP contribution in [-0.2, 0) is 10.0 Å². The standard InChI is InChI=1S/C24H20Br2N2O2S/c25-16-9-7-15(8-10-16)24-21-6-2-5-20(21)22-14-19(11-12-23(22)27-24)31(29,30)28-18-4-1-3-17(26)13-18/h1-5,7-14,20-21,24,27-28H,6H2/t20-,21+,24+/m0/s1. The molecular formula is C24H20Br2N2O2S. The van der Waals surface area contributed by atoms with Crippen LogP contribution >= 0.6 is 31.9 Å². The van der Waals surface area contributed by atoms with Gasteiger partial charge < -0.3 is 5.32 Å². The van der Waals surface area contributed by atoms with Crippen molar-refractivity contribution in [1.29, 1.82) is 0 Å². The van der Waals surface area contributed by atoms with E-state index in [4.69, 9.17) is 0 Å². The lowest BCUT2D eigenvalue weighted by molar-refractivity contribution is 0.425. The molecule has 1 heterocycles. The Bertz CT molecular complexity index is 1270. The van der Waals surface area contributed by atoms with Crippen molar-refractivity contribution in [3.63, 3.8) is 0 Å². The maximum atomic E-state index is 13.0. The van der Waals surface area contributed by atoms with Gasteiger partial charge in [0, 0.05) is 26.2 Å². The van der Waals surface area contributed by atoms with Crippen molar-refractivity contribution in [3.05, 3.63) is 99.0 Å². The van der Waals surface area contributed by atoms with Crippen LogP contribution in [0, 0.1) is 5.92 Å². The van der Waals surface area contributed by atoms with Gasteiger partial charge in [-0.1, -0.05) is 62.2 Å². The van der Waals surface area contributed by atoms with Gasteiger partial charge >= 0.3 is 0 Å². The van der Waals surface area contributed by atoms with E-state index in [-0.39, 0.29) is 16.9 Å². The van der Waals surface area contributed by atoms with Gasteiger partial charge in [0.2, 0.25) is 0 Å². The van der Waals surface area contributed by atoms with Crippen LogP contribution in [0.5, 0.6) is 0 Å². The first-order valence-corrected chi connectivity index (χ1v) is 13.1. The summed E-state index contributed by atoms with van der Waals surface area (Å²) in [6.07, 6.45) is 5.39. The smallest absolute Gasteiger partial charge is 0.261 e. The highest BCUT2D eigenvalue weighted by atomic mass is 79.9. The summed E-state index contributed by atoms with van der Waals surface area (Å²) in [5.74, 6) is 0.538. The molecule has 2 N–H and O–H groups in total. The molecule has 0 saturated carbocycles. The van der Waals surface area contributed by atoms with E-state index in [0.29, 0.717) is 11.6 Å². The van der Waals surface area contributed by atoms with Gasteiger partial charge in [-0.2, -0.15) is 0 Å². The molecule has 0 amide bonds. The average Bonchev–Trinajstić information content (AvgIpc) is 3.23. The van der Waals surface area contributed by atoms with E-state index in [1.807, 2.05) is 18.2 Å². The number of halogens is 2. The Morgan fingerprint density at radius 1 is 0.935 bits per heavy atom. The Morgan fingerprint density at radius 3 is 2.52 bits per heavy atom.